The summed E-state index contributed by atoms with van der Waals surface area (Å²) in [7, 11) is 0. The lowest BCUT2D eigenvalue weighted by Crippen LogP contribution is -2.11. The second-order valence-electron chi connectivity index (χ2n) is 3.58. The van der Waals surface area contributed by atoms with E-state index in [9.17, 15) is 0 Å². The minimum atomic E-state index is 0.841. The molecule has 1 aliphatic heterocycles. The number of hydrogen-bond acceptors (Lipinski definition) is 3. The Bertz CT molecular complexity index is 577. The van der Waals surface area contributed by atoms with Crippen molar-refractivity contribution in [3.8, 4) is 0 Å². The van der Waals surface area contributed by atoms with Gasteiger partial charge >= 0.3 is 0 Å². The smallest absolute Gasteiger partial charge is 0.0952 e. The SMILES string of the molecule is S=C1C=CC2=NN=CC2=C1c1ccccc1. The third-order valence-electron chi connectivity index (χ3n) is 2.60. The van der Waals surface area contributed by atoms with E-state index in [1.807, 2.05) is 30.4 Å². The zero-order chi connectivity index (χ0) is 11.0. The molecule has 0 fully saturated rings. The summed E-state index contributed by atoms with van der Waals surface area (Å²) in [5.41, 5.74) is 4.09. The van der Waals surface area contributed by atoms with Crippen LogP contribution < -0.4 is 0 Å². The summed E-state index contributed by atoms with van der Waals surface area (Å²) in [4.78, 5) is 0.841. The van der Waals surface area contributed by atoms with Crippen LogP contribution in [0.15, 0.2) is 58.3 Å². The molecular weight excluding hydrogens is 216 g/mol. The molecule has 0 atom stereocenters. The molecule has 1 heterocycles. The fourth-order valence-corrected chi connectivity index (χ4v) is 2.15. The Labute approximate surface area is 98.7 Å². The molecule has 0 aromatic heterocycles. The van der Waals surface area contributed by atoms with Crippen LogP contribution in [0, 0.1) is 0 Å². The van der Waals surface area contributed by atoms with Crippen molar-refractivity contribution in [1.82, 2.24) is 0 Å². The summed E-state index contributed by atoms with van der Waals surface area (Å²) in [5.74, 6) is 0. The van der Waals surface area contributed by atoms with E-state index in [1.54, 1.807) is 6.21 Å². The number of hydrogen-bond donors (Lipinski definition) is 0. The van der Waals surface area contributed by atoms with E-state index in [-0.39, 0.29) is 0 Å². The van der Waals surface area contributed by atoms with E-state index in [0.29, 0.717) is 0 Å². The van der Waals surface area contributed by atoms with Crippen LogP contribution in [0.5, 0.6) is 0 Å². The highest BCUT2D eigenvalue weighted by atomic mass is 32.1. The van der Waals surface area contributed by atoms with Crippen molar-refractivity contribution in [3.63, 3.8) is 0 Å². The minimum Gasteiger partial charge on any atom is -0.158 e. The first kappa shape index (κ1) is 9.36. The van der Waals surface area contributed by atoms with Crippen molar-refractivity contribution in [3.05, 3.63) is 53.6 Å². The van der Waals surface area contributed by atoms with E-state index in [2.05, 4.69) is 22.3 Å². The van der Waals surface area contributed by atoms with E-state index in [1.165, 1.54) is 0 Å². The normalized spacial score (nSPS) is 17.8. The van der Waals surface area contributed by atoms with Crippen molar-refractivity contribution in [2.45, 2.75) is 0 Å². The van der Waals surface area contributed by atoms with Crippen LogP contribution in [0.2, 0.25) is 0 Å². The first-order valence-corrected chi connectivity index (χ1v) is 5.40. The fourth-order valence-electron chi connectivity index (χ4n) is 1.86. The topological polar surface area (TPSA) is 24.7 Å². The van der Waals surface area contributed by atoms with Gasteiger partial charge in [-0.2, -0.15) is 10.2 Å². The Morgan fingerprint density at radius 1 is 1.00 bits per heavy atom. The van der Waals surface area contributed by atoms with Crippen molar-refractivity contribution < 1.29 is 0 Å². The van der Waals surface area contributed by atoms with E-state index in [0.717, 1.165) is 27.3 Å². The number of nitrogens with zero attached hydrogens (tertiary/aromatic N) is 2. The number of allylic oxidation sites excluding steroid dienone is 4. The number of rotatable bonds is 1. The Balaban J connectivity index is 2.22. The molecule has 0 amide bonds. The molecule has 0 saturated heterocycles. The first-order valence-electron chi connectivity index (χ1n) is 5.00. The van der Waals surface area contributed by atoms with Gasteiger partial charge in [0.25, 0.3) is 0 Å². The summed E-state index contributed by atoms with van der Waals surface area (Å²) >= 11 is 5.37. The van der Waals surface area contributed by atoms with Gasteiger partial charge < -0.3 is 0 Å². The van der Waals surface area contributed by atoms with E-state index in [4.69, 9.17) is 12.2 Å². The maximum Gasteiger partial charge on any atom is 0.0952 e. The van der Waals surface area contributed by atoms with E-state index >= 15 is 0 Å². The first-order chi connectivity index (χ1) is 7.86. The third kappa shape index (κ3) is 1.37. The summed E-state index contributed by atoms with van der Waals surface area (Å²) in [6, 6.07) is 10.1. The summed E-state index contributed by atoms with van der Waals surface area (Å²) in [6.07, 6.45) is 5.60. The van der Waals surface area contributed by atoms with Crippen LogP contribution >= 0.6 is 12.2 Å². The lowest BCUT2D eigenvalue weighted by Gasteiger charge is -2.13. The molecule has 0 radical (unpaired) electrons. The number of thiocarbonyl (C=S) groups is 1. The van der Waals surface area contributed by atoms with Crippen molar-refractivity contribution in [1.29, 1.82) is 0 Å². The Morgan fingerprint density at radius 2 is 1.81 bits per heavy atom. The standard InChI is InChI=1S/C13H8N2S/c16-12-7-6-11-10(8-14-15-11)13(12)9-4-2-1-3-5-9/h1-8H. The van der Waals surface area contributed by atoms with Gasteiger partial charge in [0.15, 0.2) is 0 Å². The quantitative estimate of drug-likeness (QED) is 0.673. The molecule has 3 rings (SSSR count). The van der Waals surface area contributed by atoms with Gasteiger partial charge in [0, 0.05) is 16.0 Å². The highest BCUT2D eigenvalue weighted by molar-refractivity contribution is 7.81. The summed E-state index contributed by atoms with van der Waals surface area (Å²) in [5, 5.41) is 7.98. The Kier molecular flexibility index (Phi) is 2.11. The predicted octanol–water partition coefficient (Wildman–Crippen LogP) is 2.82. The molecule has 3 heteroatoms. The second-order valence-corrected chi connectivity index (χ2v) is 4.02. The molecule has 2 aliphatic rings. The van der Waals surface area contributed by atoms with Gasteiger partial charge in [0.1, 0.15) is 0 Å². The minimum absolute atomic E-state index is 0.841. The lowest BCUT2D eigenvalue weighted by molar-refractivity contribution is 1.28. The molecule has 0 spiro atoms. The predicted molar refractivity (Wildman–Crippen MR) is 71.0 cm³/mol. The molecule has 1 aromatic rings. The van der Waals surface area contributed by atoms with Gasteiger partial charge in [-0.05, 0) is 17.7 Å². The van der Waals surface area contributed by atoms with Crippen molar-refractivity contribution in [2.75, 3.05) is 0 Å². The van der Waals surface area contributed by atoms with Crippen LogP contribution in [0.3, 0.4) is 0 Å². The van der Waals surface area contributed by atoms with E-state index < -0.39 is 0 Å². The van der Waals surface area contributed by atoms with Crippen LogP contribution in [0.25, 0.3) is 5.57 Å². The zero-order valence-electron chi connectivity index (χ0n) is 8.42. The van der Waals surface area contributed by atoms with Gasteiger partial charge in [-0.1, -0.05) is 42.5 Å². The largest absolute Gasteiger partial charge is 0.158 e. The number of fused-ring (bicyclic) bond motifs is 1. The van der Waals surface area contributed by atoms with Crippen molar-refractivity contribution in [2.24, 2.45) is 10.2 Å². The molecule has 0 bridgehead atoms. The third-order valence-corrected chi connectivity index (χ3v) is 2.94. The number of benzene rings is 1. The maximum atomic E-state index is 5.37. The van der Waals surface area contributed by atoms with Gasteiger partial charge in [-0.15, -0.1) is 0 Å². The van der Waals surface area contributed by atoms with Gasteiger partial charge in [-0.3, -0.25) is 0 Å². The average molecular weight is 224 g/mol. The molecule has 76 valence electrons. The molecular formula is C13H8N2S. The lowest BCUT2D eigenvalue weighted by atomic mass is 9.91. The average Bonchev–Trinajstić information content (AvgIpc) is 2.78. The maximum absolute atomic E-state index is 5.37. The molecule has 1 aromatic carbocycles. The molecule has 16 heavy (non-hydrogen) atoms. The Morgan fingerprint density at radius 3 is 2.62 bits per heavy atom. The summed E-state index contributed by atoms with van der Waals surface area (Å²) < 4.78 is 0. The van der Waals surface area contributed by atoms with Gasteiger partial charge in [-0.25, -0.2) is 0 Å². The highest BCUT2D eigenvalue weighted by Gasteiger charge is 2.21. The molecule has 0 saturated carbocycles. The highest BCUT2D eigenvalue weighted by Crippen LogP contribution is 2.27. The molecule has 1 aliphatic carbocycles. The second kappa shape index (κ2) is 3.61. The van der Waals surface area contributed by atoms with Crippen LogP contribution in [-0.4, -0.2) is 16.8 Å². The van der Waals surface area contributed by atoms with Crippen molar-refractivity contribution >= 4 is 34.6 Å². The fraction of sp³-hybridized carbons (Fsp3) is 0. The van der Waals surface area contributed by atoms with Crippen LogP contribution in [0.4, 0.5) is 0 Å². The van der Waals surface area contributed by atoms with Crippen LogP contribution in [0.1, 0.15) is 5.56 Å². The molecule has 0 N–H and O–H groups in total. The zero-order valence-corrected chi connectivity index (χ0v) is 9.24. The van der Waals surface area contributed by atoms with Gasteiger partial charge in [0.2, 0.25) is 0 Å². The molecule has 2 nitrogen and oxygen atoms in total. The monoisotopic (exact) mass is 224 g/mol. The molecule has 0 unspecified atom stereocenters. The van der Waals surface area contributed by atoms with Crippen LogP contribution in [-0.2, 0) is 0 Å². The summed E-state index contributed by atoms with van der Waals surface area (Å²) in [6.45, 7) is 0. The van der Waals surface area contributed by atoms with Gasteiger partial charge in [0.05, 0.1) is 11.9 Å². The Hall–Kier alpha value is -1.87.